The number of carbonyl (C=O) groups is 2. The molecule has 0 aliphatic carbocycles. The normalized spacial score (nSPS) is 18.3. The lowest BCUT2D eigenvalue weighted by atomic mass is 10.1. The first-order valence-corrected chi connectivity index (χ1v) is 7.50. The summed E-state index contributed by atoms with van der Waals surface area (Å²) >= 11 is 0. The second-order valence-electron chi connectivity index (χ2n) is 5.27. The number of morpholine rings is 1. The average Bonchev–Trinajstić information content (AvgIpc) is 2.55. The molecule has 0 unspecified atom stereocenters. The first-order chi connectivity index (χ1) is 10.1. The number of likely N-dealkylation sites (tertiary alicyclic amines) is 1. The lowest BCUT2D eigenvalue weighted by Crippen LogP contribution is -2.40. The minimum atomic E-state index is 0.0494. The maximum Gasteiger partial charge on any atom is 0.249 e. The summed E-state index contributed by atoms with van der Waals surface area (Å²) in [5.41, 5.74) is 0.604. The number of amides is 2. The quantitative estimate of drug-likeness (QED) is 0.727. The lowest BCUT2D eigenvalue weighted by Gasteiger charge is -2.26. The Hall–Kier alpha value is -1.62. The van der Waals surface area contributed by atoms with Crippen molar-refractivity contribution in [1.29, 1.82) is 0 Å². The number of hydrogen-bond acceptors (Lipinski definition) is 3. The van der Waals surface area contributed by atoms with Gasteiger partial charge in [-0.3, -0.25) is 9.59 Å². The minimum Gasteiger partial charge on any atom is -0.378 e. The smallest absolute Gasteiger partial charge is 0.249 e. The number of hydrogen-bond donors (Lipinski definition) is 0. The molecular formula is C16H26N2O3. The van der Waals surface area contributed by atoms with Gasteiger partial charge in [-0.15, -0.1) is 0 Å². The van der Waals surface area contributed by atoms with Gasteiger partial charge in [-0.1, -0.05) is 13.2 Å². The molecule has 2 saturated heterocycles. The topological polar surface area (TPSA) is 49.9 Å². The molecule has 5 nitrogen and oxygen atoms in total. The maximum atomic E-state index is 11.3. The molecule has 0 atom stereocenters. The molecule has 0 spiro atoms. The number of rotatable bonds is 2. The summed E-state index contributed by atoms with van der Waals surface area (Å²) in [5, 5.41) is 0. The van der Waals surface area contributed by atoms with Gasteiger partial charge in [0.1, 0.15) is 0 Å². The van der Waals surface area contributed by atoms with Gasteiger partial charge < -0.3 is 14.5 Å². The molecule has 0 radical (unpaired) electrons. The number of carbonyl (C=O) groups excluding carboxylic acids is 2. The number of nitrogens with zero attached hydrogens (tertiary/aromatic N) is 2. The van der Waals surface area contributed by atoms with Crippen molar-refractivity contribution in [3.8, 4) is 0 Å². The molecule has 0 bridgehead atoms. The molecule has 2 rings (SSSR count). The second-order valence-corrected chi connectivity index (χ2v) is 5.27. The summed E-state index contributed by atoms with van der Waals surface area (Å²) in [6, 6.07) is 0. The molecule has 0 N–H and O–H groups in total. The van der Waals surface area contributed by atoms with Crippen LogP contribution in [0, 0.1) is 0 Å². The molecule has 2 amide bonds. The highest BCUT2D eigenvalue weighted by Gasteiger charge is 2.16. The van der Waals surface area contributed by atoms with Crippen LogP contribution in [0.3, 0.4) is 0 Å². The lowest BCUT2D eigenvalue weighted by molar-refractivity contribution is -0.131. The molecule has 118 valence electrons. The summed E-state index contributed by atoms with van der Waals surface area (Å²) in [6.07, 6.45) is 4.96. The average molecular weight is 294 g/mol. The van der Waals surface area contributed by atoms with E-state index in [-0.39, 0.29) is 11.8 Å². The molecule has 21 heavy (non-hydrogen) atoms. The van der Waals surface area contributed by atoms with Crippen molar-refractivity contribution in [2.75, 3.05) is 39.4 Å². The van der Waals surface area contributed by atoms with Crippen LogP contribution < -0.4 is 0 Å². The Morgan fingerprint density at radius 3 is 2.05 bits per heavy atom. The van der Waals surface area contributed by atoms with Gasteiger partial charge in [0.15, 0.2) is 0 Å². The standard InChI is InChI=1S/C8H13NO2.C8H13NO/c1-7(2)8(10)9-3-5-11-6-4-9;1-2-8(10)9-6-4-3-5-7-9/h1,3-6H2,2H3;2H,1,3-7H2. The Balaban J connectivity index is 0.000000211. The van der Waals surface area contributed by atoms with Gasteiger partial charge in [-0.05, 0) is 32.3 Å². The third kappa shape index (κ3) is 6.12. The Kier molecular flexibility index (Phi) is 7.75. The number of piperidine rings is 1. The van der Waals surface area contributed by atoms with Crippen LogP contribution in [0.5, 0.6) is 0 Å². The van der Waals surface area contributed by atoms with Crippen molar-refractivity contribution in [1.82, 2.24) is 9.80 Å². The summed E-state index contributed by atoms with van der Waals surface area (Å²) in [6.45, 7) is 13.3. The predicted octanol–water partition coefficient (Wildman–Crippen LogP) is 1.61. The Bertz CT molecular complexity index is 381. The van der Waals surface area contributed by atoms with E-state index >= 15 is 0 Å². The van der Waals surface area contributed by atoms with Crippen LogP contribution >= 0.6 is 0 Å². The van der Waals surface area contributed by atoms with E-state index in [4.69, 9.17) is 4.74 Å². The molecule has 2 aliphatic rings. The van der Waals surface area contributed by atoms with E-state index in [0.29, 0.717) is 31.9 Å². The van der Waals surface area contributed by atoms with Gasteiger partial charge in [0.25, 0.3) is 0 Å². The Morgan fingerprint density at radius 2 is 1.57 bits per heavy atom. The Morgan fingerprint density at radius 1 is 1.00 bits per heavy atom. The predicted molar refractivity (Wildman–Crippen MR) is 82.8 cm³/mol. The van der Waals surface area contributed by atoms with Gasteiger partial charge in [0.2, 0.25) is 11.8 Å². The van der Waals surface area contributed by atoms with Crippen LogP contribution in [-0.2, 0) is 14.3 Å². The van der Waals surface area contributed by atoms with Crippen molar-refractivity contribution in [2.24, 2.45) is 0 Å². The molecule has 2 aliphatic heterocycles. The van der Waals surface area contributed by atoms with Crippen molar-refractivity contribution in [3.63, 3.8) is 0 Å². The van der Waals surface area contributed by atoms with Crippen LogP contribution in [-0.4, -0.2) is 61.0 Å². The second kappa shape index (κ2) is 9.34. The molecule has 0 aromatic heterocycles. The molecule has 2 heterocycles. The summed E-state index contributed by atoms with van der Waals surface area (Å²) in [4.78, 5) is 25.9. The molecule has 0 saturated carbocycles. The third-order valence-electron chi connectivity index (χ3n) is 3.51. The van der Waals surface area contributed by atoms with Crippen molar-refractivity contribution in [3.05, 3.63) is 24.8 Å². The van der Waals surface area contributed by atoms with Crippen LogP contribution in [0.1, 0.15) is 26.2 Å². The van der Waals surface area contributed by atoms with E-state index in [1.165, 1.54) is 12.5 Å². The van der Waals surface area contributed by atoms with Gasteiger partial charge in [-0.2, -0.15) is 0 Å². The minimum absolute atomic E-state index is 0.0494. The van der Waals surface area contributed by atoms with Gasteiger partial charge in [0.05, 0.1) is 13.2 Å². The van der Waals surface area contributed by atoms with Crippen LogP contribution in [0.15, 0.2) is 24.8 Å². The summed E-state index contributed by atoms with van der Waals surface area (Å²) in [7, 11) is 0. The molecular weight excluding hydrogens is 268 g/mol. The monoisotopic (exact) mass is 294 g/mol. The van der Waals surface area contributed by atoms with E-state index < -0.39 is 0 Å². The van der Waals surface area contributed by atoms with Crippen molar-refractivity contribution >= 4 is 11.8 Å². The highest BCUT2D eigenvalue weighted by Crippen LogP contribution is 2.08. The van der Waals surface area contributed by atoms with Crippen LogP contribution in [0.2, 0.25) is 0 Å². The zero-order valence-corrected chi connectivity index (χ0v) is 13.0. The van der Waals surface area contributed by atoms with E-state index in [0.717, 1.165) is 25.9 Å². The summed E-state index contributed by atoms with van der Waals surface area (Å²) in [5.74, 6) is 0.132. The van der Waals surface area contributed by atoms with Gasteiger partial charge in [-0.25, -0.2) is 0 Å². The zero-order chi connectivity index (χ0) is 15.7. The molecule has 0 aromatic carbocycles. The molecule has 5 heteroatoms. The van der Waals surface area contributed by atoms with E-state index in [1.54, 1.807) is 11.8 Å². The van der Waals surface area contributed by atoms with E-state index in [1.807, 2.05) is 4.90 Å². The molecule has 2 fully saturated rings. The number of ether oxygens (including phenoxy) is 1. The van der Waals surface area contributed by atoms with Crippen molar-refractivity contribution in [2.45, 2.75) is 26.2 Å². The first-order valence-electron chi connectivity index (χ1n) is 7.50. The Labute approximate surface area is 127 Å². The zero-order valence-electron chi connectivity index (χ0n) is 13.0. The van der Waals surface area contributed by atoms with Gasteiger partial charge >= 0.3 is 0 Å². The maximum absolute atomic E-state index is 11.3. The highest BCUT2D eigenvalue weighted by atomic mass is 16.5. The fourth-order valence-corrected chi connectivity index (χ4v) is 2.28. The fraction of sp³-hybridized carbons (Fsp3) is 0.625. The summed E-state index contributed by atoms with van der Waals surface area (Å²) < 4.78 is 5.11. The highest BCUT2D eigenvalue weighted by molar-refractivity contribution is 5.92. The third-order valence-corrected chi connectivity index (χ3v) is 3.51. The van der Waals surface area contributed by atoms with E-state index in [2.05, 4.69) is 13.2 Å². The van der Waals surface area contributed by atoms with Crippen LogP contribution in [0.4, 0.5) is 0 Å². The van der Waals surface area contributed by atoms with E-state index in [9.17, 15) is 9.59 Å². The van der Waals surface area contributed by atoms with Crippen molar-refractivity contribution < 1.29 is 14.3 Å². The fourth-order valence-electron chi connectivity index (χ4n) is 2.28. The largest absolute Gasteiger partial charge is 0.378 e. The molecule has 0 aromatic rings. The van der Waals surface area contributed by atoms with Crippen LogP contribution in [0.25, 0.3) is 0 Å². The first kappa shape index (κ1) is 17.4. The van der Waals surface area contributed by atoms with Gasteiger partial charge in [0, 0.05) is 31.8 Å². The SMILES string of the molecule is C=C(C)C(=O)N1CCOCC1.C=CC(=O)N1CCCCC1.